The zero-order valence-electron chi connectivity index (χ0n) is 13.6. The minimum Gasteiger partial charge on any atom is -0.748 e. The smallest absolute Gasteiger partial charge is 0.748 e. The number of benzene rings is 1. The third-order valence-electron chi connectivity index (χ3n) is 2.44. The zero-order valence-corrected chi connectivity index (χ0v) is 19.3. The van der Waals surface area contributed by atoms with Crippen LogP contribution in [0.5, 0.6) is 11.5 Å². The van der Waals surface area contributed by atoms with Gasteiger partial charge in [0, 0.05) is 11.5 Å². The van der Waals surface area contributed by atoms with Crippen LogP contribution in [-0.4, -0.2) is 50.7 Å². The summed E-state index contributed by atoms with van der Waals surface area (Å²) in [7, 11) is -8.45. The maximum Gasteiger partial charge on any atom is 1.00 e. The molecule has 0 saturated heterocycles. The summed E-state index contributed by atoms with van der Waals surface area (Å²) in [5, 5.41) is 0. The molecule has 0 saturated carbocycles. The van der Waals surface area contributed by atoms with Gasteiger partial charge in [-0.25, -0.2) is 16.8 Å². The fourth-order valence-corrected chi connectivity index (χ4v) is 2.43. The monoisotopic (exact) mass is 398 g/mol. The van der Waals surface area contributed by atoms with Gasteiger partial charge in [0.25, 0.3) is 0 Å². The molecule has 12 heteroatoms. The van der Waals surface area contributed by atoms with Crippen molar-refractivity contribution in [3.05, 3.63) is 24.3 Å². The topological polar surface area (TPSA) is 133 Å². The molecule has 0 aliphatic carbocycles. The van der Waals surface area contributed by atoms with Gasteiger partial charge in [-0.2, -0.15) is 0 Å². The van der Waals surface area contributed by atoms with E-state index in [4.69, 9.17) is 9.47 Å². The zero-order chi connectivity index (χ0) is 16.6. The standard InChI is InChI=1S/C12H18O8S2.2Na/c13-21(14,15)9-1-7-19-11-3-5-12(6-4-11)20-8-2-10-22(16,17)18;;/h3-6H,1-2,7-10H2,(H,13,14,15)(H,16,17,18);;/q;2*+1/p-2. The fourth-order valence-electron chi connectivity index (χ4n) is 1.48. The maximum absolute atomic E-state index is 10.4. The summed E-state index contributed by atoms with van der Waals surface area (Å²) in [6.07, 6.45) is 0.210. The van der Waals surface area contributed by atoms with Crippen molar-refractivity contribution >= 4 is 20.2 Å². The molecule has 1 aromatic rings. The van der Waals surface area contributed by atoms with E-state index in [1.165, 1.54) is 0 Å². The van der Waals surface area contributed by atoms with Gasteiger partial charge in [0.05, 0.1) is 33.5 Å². The first-order chi connectivity index (χ1) is 10.2. The number of hydrogen-bond donors (Lipinski definition) is 0. The summed E-state index contributed by atoms with van der Waals surface area (Å²) in [6.45, 7) is 0.200. The Morgan fingerprint density at radius 3 is 1.25 bits per heavy atom. The van der Waals surface area contributed by atoms with Gasteiger partial charge in [-0.15, -0.1) is 0 Å². The van der Waals surface area contributed by atoms with Crippen molar-refractivity contribution in [3.8, 4) is 11.5 Å². The number of hydrogen-bond acceptors (Lipinski definition) is 8. The summed E-state index contributed by atoms with van der Waals surface area (Å²) >= 11 is 0. The van der Waals surface area contributed by atoms with Gasteiger partial charge in [-0.1, -0.05) is 0 Å². The molecular weight excluding hydrogens is 382 g/mol. The SMILES string of the molecule is O=S(=O)([O-])CCCOc1ccc(OCCCS(=O)(=O)[O-])cc1.[Na+].[Na+]. The van der Waals surface area contributed by atoms with Crippen molar-refractivity contribution in [2.24, 2.45) is 0 Å². The molecule has 0 aliphatic heterocycles. The summed E-state index contributed by atoms with van der Waals surface area (Å²) in [4.78, 5) is 0. The molecule has 0 unspecified atom stereocenters. The first-order valence-corrected chi connectivity index (χ1v) is 9.54. The first kappa shape index (κ1) is 26.9. The Kier molecular flexibility index (Phi) is 14.4. The van der Waals surface area contributed by atoms with E-state index in [1.54, 1.807) is 24.3 Å². The Balaban J connectivity index is 0. The average molecular weight is 398 g/mol. The van der Waals surface area contributed by atoms with Gasteiger partial charge in [0.2, 0.25) is 0 Å². The second-order valence-corrected chi connectivity index (χ2v) is 7.45. The quantitative estimate of drug-likeness (QED) is 0.216. The summed E-state index contributed by atoms with van der Waals surface area (Å²) in [5.74, 6) is 0.0174. The van der Waals surface area contributed by atoms with Gasteiger partial charge < -0.3 is 18.6 Å². The van der Waals surface area contributed by atoms with Crippen LogP contribution in [0, 0.1) is 0 Å². The van der Waals surface area contributed by atoms with E-state index in [9.17, 15) is 25.9 Å². The molecule has 0 heterocycles. The van der Waals surface area contributed by atoms with E-state index in [0.717, 1.165) is 0 Å². The van der Waals surface area contributed by atoms with Crippen LogP contribution in [-0.2, 0) is 20.2 Å². The van der Waals surface area contributed by atoms with Crippen LogP contribution in [0.1, 0.15) is 12.8 Å². The van der Waals surface area contributed by atoms with Crippen LogP contribution in [0.25, 0.3) is 0 Å². The van der Waals surface area contributed by atoms with Gasteiger partial charge in [0.1, 0.15) is 11.5 Å². The van der Waals surface area contributed by atoms with Crippen molar-refractivity contribution in [2.45, 2.75) is 12.8 Å². The molecule has 0 amide bonds. The van der Waals surface area contributed by atoms with E-state index in [-0.39, 0.29) is 85.2 Å². The number of ether oxygens (including phenoxy) is 2. The summed E-state index contributed by atoms with van der Waals surface area (Å²) < 4.78 is 72.8. The first-order valence-electron chi connectivity index (χ1n) is 6.38. The molecule has 0 aliphatic rings. The second kappa shape index (κ2) is 12.9. The molecular formula is C12H16Na2O8S2. The van der Waals surface area contributed by atoms with Crippen molar-refractivity contribution in [3.63, 3.8) is 0 Å². The molecule has 0 aromatic heterocycles. The van der Waals surface area contributed by atoms with E-state index in [1.807, 2.05) is 0 Å². The van der Waals surface area contributed by atoms with Crippen molar-refractivity contribution in [1.82, 2.24) is 0 Å². The molecule has 0 spiro atoms. The molecule has 0 bridgehead atoms. The van der Waals surface area contributed by atoms with Gasteiger partial charge in [0.15, 0.2) is 0 Å². The Morgan fingerprint density at radius 2 is 1.00 bits per heavy atom. The van der Waals surface area contributed by atoms with Crippen LogP contribution in [0.4, 0.5) is 0 Å². The van der Waals surface area contributed by atoms with Crippen LogP contribution < -0.4 is 68.6 Å². The van der Waals surface area contributed by atoms with E-state index < -0.39 is 31.7 Å². The molecule has 0 atom stereocenters. The molecule has 24 heavy (non-hydrogen) atoms. The predicted octanol–water partition coefficient (Wildman–Crippen LogP) is -5.68. The predicted molar refractivity (Wildman–Crippen MR) is 75.8 cm³/mol. The number of rotatable bonds is 10. The van der Waals surface area contributed by atoms with Crippen LogP contribution >= 0.6 is 0 Å². The molecule has 8 nitrogen and oxygen atoms in total. The van der Waals surface area contributed by atoms with E-state index in [2.05, 4.69) is 0 Å². The molecule has 0 radical (unpaired) electrons. The molecule has 0 fully saturated rings. The fraction of sp³-hybridized carbons (Fsp3) is 0.500. The Morgan fingerprint density at radius 1 is 0.708 bits per heavy atom. The van der Waals surface area contributed by atoms with Crippen molar-refractivity contribution < 1.29 is 94.5 Å². The van der Waals surface area contributed by atoms with Crippen LogP contribution in [0.3, 0.4) is 0 Å². The van der Waals surface area contributed by atoms with Crippen LogP contribution in [0.15, 0.2) is 24.3 Å². The van der Waals surface area contributed by atoms with E-state index in [0.29, 0.717) is 11.5 Å². The molecule has 126 valence electrons. The Labute approximate surface area is 186 Å². The van der Waals surface area contributed by atoms with Crippen LogP contribution in [0.2, 0.25) is 0 Å². The molecule has 0 N–H and O–H groups in total. The summed E-state index contributed by atoms with van der Waals surface area (Å²) in [6, 6.07) is 6.35. The normalized spacial score (nSPS) is 11.1. The van der Waals surface area contributed by atoms with Crippen molar-refractivity contribution in [1.29, 1.82) is 0 Å². The minimum absolute atomic E-state index is 0. The van der Waals surface area contributed by atoms with Gasteiger partial charge in [-0.05, 0) is 37.1 Å². The van der Waals surface area contributed by atoms with Crippen molar-refractivity contribution in [2.75, 3.05) is 24.7 Å². The largest absolute Gasteiger partial charge is 1.00 e. The summed E-state index contributed by atoms with van der Waals surface area (Å²) in [5.41, 5.74) is 0. The van der Waals surface area contributed by atoms with Gasteiger partial charge >= 0.3 is 59.1 Å². The molecule has 1 aromatic carbocycles. The third-order valence-corrected chi connectivity index (χ3v) is 4.02. The Hall–Kier alpha value is 0.640. The third kappa shape index (κ3) is 14.9. The molecule has 1 rings (SSSR count). The Bertz CT molecular complexity index is 600. The van der Waals surface area contributed by atoms with Gasteiger partial charge in [-0.3, -0.25) is 0 Å². The minimum atomic E-state index is -4.22. The average Bonchev–Trinajstić information content (AvgIpc) is 2.39. The maximum atomic E-state index is 10.4. The second-order valence-electron chi connectivity index (χ2n) is 4.40. The van der Waals surface area contributed by atoms with E-state index >= 15 is 0 Å².